The van der Waals surface area contributed by atoms with Crippen LogP contribution < -0.4 is 5.32 Å². The predicted octanol–water partition coefficient (Wildman–Crippen LogP) is 4.90. The molecule has 0 saturated heterocycles. The summed E-state index contributed by atoms with van der Waals surface area (Å²) >= 11 is 9.24. The number of nitrogens with one attached hydrogen (secondary N) is 1. The molecule has 0 saturated carbocycles. The second-order valence-electron chi connectivity index (χ2n) is 6.51. The highest BCUT2D eigenvalue weighted by Gasteiger charge is 2.20. The molecule has 142 valence electrons. The molecule has 5 nitrogen and oxygen atoms in total. The van der Waals surface area contributed by atoms with Crippen LogP contribution in [0.15, 0.2) is 47.2 Å². The number of benzene rings is 1. The molecule has 0 aliphatic rings. The normalized spacial score (nSPS) is 12.3. The number of rotatable bonds is 7. The van der Waals surface area contributed by atoms with Gasteiger partial charge in [0.2, 0.25) is 5.91 Å². The van der Waals surface area contributed by atoms with E-state index in [0.29, 0.717) is 16.1 Å². The van der Waals surface area contributed by atoms with Crippen molar-refractivity contribution in [2.75, 3.05) is 5.75 Å². The molecule has 1 amide bonds. The van der Waals surface area contributed by atoms with Crippen LogP contribution in [0, 0.1) is 12.8 Å². The minimum atomic E-state index is -0.0245. The smallest absolute Gasteiger partial charge is 0.230 e. The van der Waals surface area contributed by atoms with Crippen molar-refractivity contribution in [1.29, 1.82) is 0 Å². The summed E-state index contributed by atoms with van der Waals surface area (Å²) in [6, 6.07) is 9.86. The van der Waals surface area contributed by atoms with Crippen molar-refractivity contribution in [3.63, 3.8) is 0 Å². The highest BCUT2D eigenvalue weighted by molar-refractivity contribution is 7.99. The topological polar surface area (TPSA) is 59.8 Å². The van der Waals surface area contributed by atoms with Crippen molar-refractivity contribution >= 4 is 40.6 Å². The second-order valence-corrected chi connectivity index (χ2v) is 8.84. The highest BCUT2D eigenvalue weighted by Crippen LogP contribution is 2.27. The number of aryl methyl sites for hydroxylation is 1. The van der Waals surface area contributed by atoms with Crippen molar-refractivity contribution in [2.24, 2.45) is 5.92 Å². The van der Waals surface area contributed by atoms with Gasteiger partial charge < -0.3 is 5.32 Å². The summed E-state index contributed by atoms with van der Waals surface area (Å²) in [5.74, 6) is 0.562. The summed E-state index contributed by atoms with van der Waals surface area (Å²) in [6.07, 6.45) is 1.63. The Balaban J connectivity index is 1.66. The van der Waals surface area contributed by atoms with Gasteiger partial charge in [-0.3, -0.25) is 9.36 Å². The zero-order valence-electron chi connectivity index (χ0n) is 15.3. The number of amides is 1. The van der Waals surface area contributed by atoms with Gasteiger partial charge in [0, 0.05) is 9.90 Å². The molecular weight excluding hydrogens is 400 g/mol. The van der Waals surface area contributed by atoms with Crippen molar-refractivity contribution in [2.45, 2.75) is 32.0 Å². The Kier molecular flexibility index (Phi) is 6.57. The maximum Gasteiger partial charge on any atom is 0.230 e. The largest absolute Gasteiger partial charge is 0.347 e. The lowest BCUT2D eigenvalue weighted by atomic mass is 10.0. The Morgan fingerprint density at radius 1 is 1.37 bits per heavy atom. The molecule has 2 aromatic heterocycles. The molecule has 1 N–H and O–H groups in total. The summed E-state index contributed by atoms with van der Waals surface area (Å²) in [7, 11) is 0. The minimum absolute atomic E-state index is 0.0203. The van der Waals surface area contributed by atoms with Crippen LogP contribution in [0.25, 0.3) is 5.69 Å². The van der Waals surface area contributed by atoms with E-state index in [2.05, 4.69) is 35.4 Å². The van der Waals surface area contributed by atoms with Gasteiger partial charge in [-0.1, -0.05) is 49.3 Å². The molecule has 8 heteroatoms. The molecule has 0 fully saturated rings. The van der Waals surface area contributed by atoms with Crippen LogP contribution in [0.1, 0.15) is 30.3 Å². The SMILES string of the molecule is Cc1ccc(-n2cnnc2SCC(=O)N[C@@H](c2cccs2)C(C)C)cc1Cl. The summed E-state index contributed by atoms with van der Waals surface area (Å²) in [5.41, 5.74) is 1.88. The fourth-order valence-corrected chi connectivity index (χ4v) is 4.48. The third-order valence-electron chi connectivity index (χ3n) is 4.12. The molecule has 0 aliphatic heterocycles. The van der Waals surface area contributed by atoms with Gasteiger partial charge in [0.15, 0.2) is 5.16 Å². The molecule has 1 aromatic carbocycles. The van der Waals surface area contributed by atoms with Crippen LogP contribution >= 0.6 is 34.7 Å². The molecular formula is C19H21ClN4OS2. The van der Waals surface area contributed by atoms with Gasteiger partial charge in [0.1, 0.15) is 6.33 Å². The molecule has 27 heavy (non-hydrogen) atoms. The second kappa shape index (κ2) is 8.91. The Hall–Kier alpha value is -1.83. The Labute approximate surface area is 172 Å². The third-order valence-corrected chi connectivity index (χ3v) is 6.42. The molecule has 0 unspecified atom stereocenters. The number of carbonyl (C=O) groups excluding carboxylic acids is 1. The molecule has 1 atom stereocenters. The van der Waals surface area contributed by atoms with Gasteiger partial charge >= 0.3 is 0 Å². The van der Waals surface area contributed by atoms with Gasteiger partial charge in [0.25, 0.3) is 0 Å². The average Bonchev–Trinajstić information content (AvgIpc) is 3.31. The van der Waals surface area contributed by atoms with E-state index in [0.717, 1.165) is 11.3 Å². The first-order valence-corrected chi connectivity index (χ1v) is 10.8. The lowest BCUT2D eigenvalue weighted by Gasteiger charge is -2.21. The molecule has 2 heterocycles. The fraction of sp³-hybridized carbons (Fsp3) is 0.316. The van der Waals surface area contributed by atoms with E-state index < -0.39 is 0 Å². The number of thioether (sulfide) groups is 1. The maximum atomic E-state index is 12.5. The highest BCUT2D eigenvalue weighted by atomic mass is 35.5. The number of halogens is 1. The Morgan fingerprint density at radius 2 is 2.19 bits per heavy atom. The summed E-state index contributed by atoms with van der Waals surface area (Å²) in [6.45, 7) is 6.17. The van der Waals surface area contributed by atoms with Crippen LogP contribution in [0.2, 0.25) is 5.02 Å². The van der Waals surface area contributed by atoms with Gasteiger partial charge in [-0.05, 0) is 42.0 Å². The van der Waals surface area contributed by atoms with Gasteiger partial charge in [-0.2, -0.15) is 0 Å². The van der Waals surface area contributed by atoms with E-state index in [9.17, 15) is 4.79 Å². The monoisotopic (exact) mass is 420 g/mol. The molecule has 0 radical (unpaired) electrons. The van der Waals surface area contributed by atoms with Crippen LogP contribution in [0.3, 0.4) is 0 Å². The number of carbonyl (C=O) groups is 1. The minimum Gasteiger partial charge on any atom is -0.347 e. The van der Waals surface area contributed by atoms with Crippen molar-refractivity contribution in [3.8, 4) is 5.69 Å². The van der Waals surface area contributed by atoms with Crippen molar-refractivity contribution in [1.82, 2.24) is 20.1 Å². The predicted molar refractivity (Wildman–Crippen MR) is 112 cm³/mol. The van der Waals surface area contributed by atoms with E-state index in [4.69, 9.17) is 11.6 Å². The van der Waals surface area contributed by atoms with E-state index in [1.807, 2.05) is 41.1 Å². The first-order chi connectivity index (χ1) is 13.0. The standard InChI is InChI=1S/C19H21ClN4OS2/c1-12(2)18(16-5-4-8-26-16)22-17(25)10-27-19-23-21-11-24(19)14-7-6-13(3)15(20)9-14/h4-9,11-12,18H,10H2,1-3H3,(H,22,25)/t18-/m1/s1. The van der Waals surface area contributed by atoms with Crippen LogP contribution in [-0.4, -0.2) is 26.4 Å². The Bertz CT molecular complexity index is 908. The molecule has 0 aliphatic carbocycles. The van der Waals surface area contributed by atoms with Crippen LogP contribution in [-0.2, 0) is 4.79 Å². The number of thiophene rings is 1. The summed E-state index contributed by atoms with van der Waals surface area (Å²) in [5, 5.41) is 14.6. The molecule has 3 aromatic rings. The first-order valence-electron chi connectivity index (χ1n) is 8.58. The number of aromatic nitrogens is 3. The van der Waals surface area contributed by atoms with Gasteiger partial charge in [-0.25, -0.2) is 0 Å². The number of hydrogen-bond acceptors (Lipinski definition) is 5. The van der Waals surface area contributed by atoms with E-state index in [1.54, 1.807) is 17.7 Å². The van der Waals surface area contributed by atoms with E-state index >= 15 is 0 Å². The first kappa shape index (κ1) is 19.9. The number of hydrogen-bond donors (Lipinski definition) is 1. The fourth-order valence-electron chi connectivity index (χ4n) is 2.61. The third kappa shape index (κ3) is 4.91. The lowest BCUT2D eigenvalue weighted by Crippen LogP contribution is -2.32. The Morgan fingerprint density at radius 3 is 2.85 bits per heavy atom. The lowest BCUT2D eigenvalue weighted by molar-refractivity contribution is -0.119. The quantitative estimate of drug-likeness (QED) is 0.552. The molecule has 0 spiro atoms. The zero-order valence-corrected chi connectivity index (χ0v) is 17.7. The van der Waals surface area contributed by atoms with E-state index in [-0.39, 0.29) is 17.7 Å². The van der Waals surface area contributed by atoms with Crippen molar-refractivity contribution < 1.29 is 4.79 Å². The van der Waals surface area contributed by atoms with Crippen molar-refractivity contribution in [3.05, 3.63) is 57.5 Å². The van der Waals surface area contributed by atoms with Gasteiger partial charge in [-0.15, -0.1) is 21.5 Å². The molecule has 0 bridgehead atoms. The van der Waals surface area contributed by atoms with Gasteiger partial charge in [0.05, 0.1) is 17.5 Å². The van der Waals surface area contributed by atoms with E-state index in [1.165, 1.54) is 16.6 Å². The summed E-state index contributed by atoms with van der Waals surface area (Å²) < 4.78 is 1.84. The average molecular weight is 421 g/mol. The maximum absolute atomic E-state index is 12.5. The molecule has 3 rings (SSSR count). The van der Waals surface area contributed by atoms with Crippen LogP contribution in [0.4, 0.5) is 0 Å². The summed E-state index contributed by atoms with van der Waals surface area (Å²) in [4.78, 5) is 13.7. The zero-order chi connectivity index (χ0) is 19.4. The van der Waals surface area contributed by atoms with Crippen LogP contribution in [0.5, 0.6) is 0 Å². The number of nitrogens with zero attached hydrogens (tertiary/aromatic N) is 3.